The first kappa shape index (κ1) is 17.7. The molecule has 28 heavy (non-hydrogen) atoms. The quantitative estimate of drug-likeness (QED) is 0.693. The van der Waals surface area contributed by atoms with Gasteiger partial charge < -0.3 is 9.47 Å². The van der Waals surface area contributed by atoms with Gasteiger partial charge in [-0.2, -0.15) is 5.10 Å². The summed E-state index contributed by atoms with van der Waals surface area (Å²) in [5.41, 5.74) is 4.40. The second-order valence-electron chi connectivity index (χ2n) is 6.24. The fourth-order valence-electron chi connectivity index (χ4n) is 3.34. The third-order valence-electron chi connectivity index (χ3n) is 4.61. The van der Waals surface area contributed by atoms with E-state index >= 15 is 0 Å². The van der Waals surface area contributed by atoms with E-state index in [9.17, 15) is 9.59 Å². The van der Waals surface area contributed by atoms with Gasteiger partial charge in [0.1, 0.15) is 5.71 Å². The molecule has 1 aliphatic rings. The molecule has 0 bridgehead atoms. The molecular formula is C22H18N2O4. The van der Waals surface area contributed by atoms with E-state index in [1.54, 1.807) is 24.3 Å². The molecule has 0 aliphatic heterocycles. The number of ketones is 1. The predicted molar refractivity (Wildman–Crippen MR) is 106 cm³/mol. The van der Waals surface area contributed by atoms with E-state index in [2.05, 4.69) is 10.5 Å². The van der Waals surface area contributed by atoms with Crippen LogP contribution in [0.3, 0.4) is 0 Å². The lowest BCUT2D eigenvalue weighted by atomic mass is 10.1. The molecule has 0 saturated heterocycles. The highest BCUT2D eigenvalue weighted by Gasteiger charge is 2.29. The van der Waals surface area contributed by atoms with Crippen molar-refractivity contribution in [3.8, 4) is 11.5 Å². The van der Waals surface area contributed by atoms with Crippen molar-refractivity contribution in [3.63, 3.8) is 0 Å². The van der Waals surface area contributed by atoms with Crippen LogP contribution in [-0.2, 0) is 0 Å². The Morgan fingerprint density at radius 3 is 2.50 bits per heavy atom. The Kier molecular flexibility index (Phi) is 4.53. The van der Waals surface area contributed by atoms with Gasteiger partial charge in [0.05, 0.1) is 13.7 Å². The molecule has 3 aromatic carbocycles. The molecule has 1 aliphatic carbocycles. The van der Waals surface area contributed by atoms with Crippen LogP contribution in [0, 0.1) is 0 Å². The maximum atomic E-state index is 12.7. The van der Waals surface area contributed by atoms with Crippen LogP contribution in [0.15, 0.2) is 59.7 Å². The Morgan fingerprint density at radius 1 is 1.04 bits per heavy atom. The molecule has 0 unspecified atom stereocenters. The number of rotatable bonds is 5. The lowest BCUT2D eigenvalue weighted by molar-refractivity contribution is 0.0954. The number of carbonyl (C=O) groups is 2. The van der Waals surface area contributed by atoms with Crippen molar-refractivity contribution < 1.29 is 19.1 Å². The second kappa shape index (κ2) is 7.15. The number of Topliss-reactive ketones (excluding diaryl/α,β-unsaturated/α-hetero) is 1. The van der Waals surface area contributed by atoms with Crippen molar-refractivity contribution in [1.29, 1.82) is 0 Å². The first-order valence-electron chi connectivity index (χ1n) is 8.89. The molecule has 6 nitrogen and oxygen atoms in total. The maximum absolute atomic E-state index is 12.7. The van der Waals surface area contributed by atoms with Crippen molar-refractivity contribution in [2.24, 2.45) is 5.10 Å². The summed E-state index contributed by atoms with van der Waals surface area (Å²) < 4.78 is 10.7. The minimum Gasteiger partial charge on any atom is -0.493 e. The molecule has 0 spiro atoms. The number of hydrazone groups is 1. The SMILES string of the molecule is CCOc1ccc(C(=O)NN=C2C(=O)c3cccc4cccc2c34)cc1OC. The first-order valence-corrected chi connectivity index (χ1v) is 8.89. The van der Waals surface area contributed by atoms with Gasteiger partial charge in [-0.3, -0.25) is 9.59 Å². The Hall–Kier alpha value is -3.67. The van der Waals surface area contributed by atoms with Crippen LogP contribution >= 0.6 is 0 Å². The van der Waals surface area contributed by atoms with E-state index in [0.29, 0.717) is 29.2 Å². The number of nitrogens with one attached hydrogen (secondary N) is 1. The van der Waals surface area contributed by atoms with E-state index in [0.717, 1.165) is 16.3 Å². The Labute approximate surface area is 161 Å². The van der Waals surface area contributed by atoms with Gasteiger partial charge in [-0.05, 0) is 30.5 Å². The third-order valence-corrected chi connectivity index (χ3v) is 4.61. The zero-order chi connectivity index (χ0) is 19.7. The minimum absolute atomic E-state index is 0.198. The highest BCUT2D eigenvalue weighted by molar-refractivity contribution is 6.59. The van der Waals surface area contributed by atoms with Gasteiger partial charge in [0, 0.05) is 22.1 Å². The Bertz CT molecular complexity index is 1130. The largest absolute Gasteiger partial charge is 0.493 e. The number of carbonyl (C=O) groups excluding carboxylic acids is 2. The number of hydrogen-bond acceptors (Lipinski definition) is 5. The smallest absolute Gasteiger partial charge is 0.271 e. The van der Waals surface area contributed by atoms with E-state index in [1.165, 1.54) is 7.11 Å². The van der Waals surface area contributed by atoms with Crippen LogP contribution in [0.5, 0.6) is 11.5 Å². The Balaban J connectivity index is 1.63. The fraction of sp³-hybridized carbons (Fsp3) is 0.136. The summed E-state index contributed by atoms with van der Waals surface area (Å²) in [6, 6.07) is 16.1. The number of ether oxygens (including phenoxy) is 2. The summed E-state index contributed by atoms with van der Waals surface area (Å²) in [6.07, 6.45) is 0. The molecule has 0 radical (unpaired) electrons. The van der Waals surface area contributed by atoms with Gasteiger partial charge in [-0.1, -0.05) is 36.4 Å². The summed E-state index contributed by atoms with van der Waals surface area (Å²) in [6.45, 7) is 2.36. The van der Waals surface area contributed by atoms with E-state index in [1.807, 2.05) is 37.3 Å². The topological polar surface area (TPSA) is 77.0 Å². The van der Waals surface area contributed by atoms with Crippen molar-refractivity contribution in [2.45, 2.75) is 6.92 Å². The van der Waals surface area contributed by atoms with Crippen molar-refractivity contribution in [3.05, 3.63) is 71.3 Å². The molecule has 0 aromatic heterocycles. The van der Waals surface area contributed by atoms with Gasteiger partial charge in [0.15, 0.2) is 11.5 Å². The molecule has 0 saturated carbocycles. The zero-order valence-corrected chi connectivity index (χ0v) is 15.5. The molecule has 0 heterocycles. The van der Waals surface area contributed by atoms with Crippen molar-refractivity contribution in [2.75, 3.05) is 13.7 Å². The second-order valence-corrected chi connectivity index (χ2v) is 6.24. The minimum atomic E-state index is -0.440. The molecular weight excluding hydrogens is 356 g/mol. The van der Waals surface area contributed by atoms with Gasteiger partial charge in [0.25, 0.3) is 5.91 Å². The number of amides is 1. The highest BCUT2D eigenvalue weighted by Crippen LogP contribution is 2.31. The van der Waals surface area contributed by atoms with Crippen molar-refractivity contribution >= 4 is 28.2 Å². The molecule has 1 amide bonds. The lowest BCUT2D eigenvalue weighted by Gasteiger charge is -2.10. The summed E-state index contributed by atoms with van der Waals surface area (Å²) in [4.78, 5) is 25.3. The monoisotopic (exact) mass is 374 g/mol. The number of nitrogens with zero attached hydrogens (tertiary/aromatic N) is 1. The molecule has 0 fully saturated rings. The fourth-order valence-corrected chi connectivity index (χ4v) is 3.34. The van der Waals surface area contributed by atoms with E-state index in [4.69, 9.17) is 9.47 Å². The van der Waals surface area contributed by atoms with Crippen LogP contribution in [0.1, 0.15) is 33.2 Å². The van der Waals surface area contributed by atoms with Crippen molar-refractivity contribution in [1.82, 2.24) is 5.43 Å². The van der Waals surface area contributed by atoms with Crippen LogP contribution < -0.4 is 14.9 Å². The summed E-state index contributed by atoms with van der Waals surface area (Å²) in [5.74, 6) is 0.374. The van der Waals surface area contributed by atoms with Crippen LogP contribution in [0.2, 0.25) is 0 Å². The molecule has 140 valence electrons. The summed E-state index contributed by atoms with van der Waals surface area (Å²) in [7, 11) is 1.51. The average Bonchev–Trinajstić information content (AvgIpc) is 3.00. The summed E-state index contributed by atoms with van der Waals surface area (Å²) >= 11 is 0. The average molecular weight is 374 g/mol. The number of hydrogen-bond donors (Lipinski definition) is 1. The molecule has 1 N–H and O–H groups in total. The maximum Gasteiger partial charge on any atom is 0.271 e. The van der Waals surface area contributed by atoms with E-state index in [-0.39, 0.29) is 11.5 Å². The molecule has 3 aromatic rings. The number of methoxy groups -OCH3 is 1. The zero-order valence-electron chi connectivity index (χ0n) is 15.5. The normalized spacial score (nSPS) is 13.8. The van der Waals surface area contributed by atoms with Gasteiger partial charge in [-0.15, -0.1) is 0 Å². The predicted octanol–water partition coefficient (Wildman–Crippen LogP) is 3.58. The third kappa shape index (κ3) is 2.89. The van der Waals surface area contributed by atoms with Crippen LogP contribution in [-0.4, -0.2) is 31.1 Å². The molecule has 0 atom stereocenters. The number of benzene rings is 3. The summed E-state index contributed by atoms with van der Waals surface area (Å²) in [5, 5.41) is 5.97. The van der Waals surface area contributed by atoms with Crippen LogP contribution in [0.4, 0.5) is 0 Å². The highest BCUT2D eigenvalue weighted by atomic mass is 16.5. The van der Waals surface area contributed by atoms with Gasteiger partial charge in [0.2, 0.25) is 5.78 Å². The lowest BCUT2D eigenvalue weighted by Crippen LogP contribution is -2.22. The first-order chi connectivity index (χ1) is 13.6. The molecule has 4 rings (SSSR count). The van der Waals surface area contributed by atoms with Crippen LogP contribution in [0.25, 0.3) is 10.8 Å². The van der Waals surface area contributed by atoms with Gasteiger partial charge in [-0.25, -0.2) is 5.43 Å². The Morgan fingerprint density at radius 2 is 1.79 bits per heavy atom. The molecule has 6 heteroatoms. The van der Waals surface area contributed by atoms with Gasteiger partial charge >= 0.3 is 0 Å². The van der Waals surface area contributed by atoms with E-state index < -0.39 is 5.91 Å². The standard InChI is InChI=1S/C22H18N2O4/c1-3-28-17-11-10-14(12-18(17)27-2)22(26)24-23-20-15-8-4-6-13-7-5-9-16(19(13)15)21(20)25/h4-12H,3H2,1-2H3,(H,24,26).